The molecule has 4 nitrogen and oxygen atoms in total. The Hall–Kier alpha value is -1.83. The van der Waals surface area contributed by atoms with Crippen molar-refractivity contribution in [1.82, 2.24) is 10.2 Å². The molecule has 174 valence electrons. The van der Waals surface area contributed by atoms with Gasteiger partial charge in [-0.15, -0.1) is 0 Å². The summed E-state index contributed by atoms with van der Waals surface area (Å²) in [7, 11) is 0. The number of hydrogen-bond acceptors (Lipinski definition) is 3. The van der Waals surface area contributed by atoms with Crippen molar-refractivity contribution in [3.8, 4) is 5.75 Å². The molecule has 0 radical (unpaired) electrons. The van der Waals surface area contributed by atoms with Crippen LogP contribution in [0.4, 0.5) is 17.6 Å². The quantitative estimate of drug-likeness (QED) is 0.600. The number of hydrogen-bond donors (Lipinski definition) is 1. The van der Waals surface area contributed by atoms with Gasteiger partial charge in [0.25, 0.3) is 5.91 Å². The number of carbonyl (C=O) groups excluding carboxylic acids is 1. The minimum absolute atomic E-state index is 0.0126. The molecule has 2 aliphatic rings. The molecule has 31 heavy (non-hydrogen) atoms. The van der Waals surface area contributed by atoms with Crippen LogP contribution >= 0.6 is 0 Å². The first kappa shape index (κ1) is 23.8. The normalized spacial score (nSPS) is 22.9. The number of nitrogens with zero attached hydrogens (tertiary/aromatic N) is 1. The van der Waals surface area contributed by atoms with Crippen LogP contribution in [0.25, 0.3) is 0 Å². The van der Waals surface area contributed by atoms with Gasteiger partial charge < -0.3 is 10.1 Å². The SMILES string of the molecule is CC(C)(C)NC(=O)c1ccc(OCC[C@@H]2C[C@@H]2C2CCN(CC(F)(F)F)CC2)cc1F. The van der Waals surface area contributed by atoms with Crippen LogP contribution in [0.2, 0.25) is 0 Å². The topological polar surface area (TPSA) is 41.6 Å². The van der Waals surface area contributed by atoms with Gasteiger partial charge in [0, 0.05) is 11.6 Å². The predicted molar refractivity (Wildman–Crippen MR) is 111 cm³/mol. The highest BCUT2D eigenvalue weighted by Gasteiger charge is 2.44. The van der Waals surface area contributed by atoms with Gasteiger partial charge in [-0.25, -0.2) is 4.39 Å². The molecule has 1 aromatic carbocycles. The van der Waals surface area contributed by atoms with E-state index in [1.165, 1.54) is 17.0 Å². The Morgan fingerprint density at radius 3 is 2.45 bits per heavy atom. The maximum absolute atomic E-state index is 14.3. The average molecular weight is 445 g/mol. The van der Waals surface area contributed by atoms with Gasteiger partial charge in [-0.1, -0.05) is 0 Å². The molecule has 2 fully saturated rings. The predicted octanol–water partition coefficient (Wildman–Crippen LogP) is 5.03. The Kier molecular flexibility index (Phi) is 7.18. The van der Waals surface area contributed by atoms with Crippen LogP contribution in [0.5, 0.6) is 5.75 Å². The number of amides is 1. The number of ether oxygens (including phenoxy) is 1. The Labute approximate surface area is 181 Å². The van der Waals surface area contributed by atoms with Crippen LogP contribution in [0.3, 0.4) is 0 Å². The monoisotopic (exact) mass is 444 g/mol. The van der Waals surface area contributed by atoms with E-state index >= 15 is 0 Å². The molecule has 1 aliphatic heterocycles. The van der Waals surface area contributed by atoms with Crippen molar-refractivity contribution < 1.29 is 27.1 Å². The Balaban J connectivity index is 1.38. The number of piperidine rings is 1. The molecular formula is C23H32F4N2O2. The smallest absolute Gasteiger partial charge is 0.401 e. The maximum Gasteiger partial charge on any atom is 0.401 e. The van der Waals surface area contributed by atoms with Crippen molar-refractivity contribution in [3.63, 3.8) is 0 Å². The van der Waals surface area contributed by atoms with E-state index in [1.807, 2.05) is 20.8 Å². The first-order valence-electron chi connectivity index (χ1n) is 11.0. The molecule has 1 saturated carbocycles. The fourth-order valence-electron chi connectivity index (χ4n) is 4.48. The van der Waals surface area contributed by atoms with Crippen LogP contribution in [-0.2, 0) is 0 Å². The lowest BCUT2D eigenvalue weighted by molar-refractivity contribution is -0.148. The van der Waals surface area contributed by atoms with Crippen LogP contribution in [0.15, 0.2) is 18.2 Å². The van der Waals surface area contributed by atoms with Crippen molar-refractivity contribution in [2.45, 2.75) is 58.2 Å². The molecule has 1 N–H and O–H groups in total. The zero-order chi connectivity index (χ0) is 22.8. The van der Waals surface area contributed by atoms with E-state index < -0.39 is 30.0 Å². The van der Waals surface area contributed by atoms with Crippen LogP contribution < -0.4 is 10.1 Å². The second-order valence-electron chi connectivity index (χ2n) is 9.87. The molecule has 1 aromatic rings. The molecular weight excluding hydrogens is 412 g/mol. The lowest BCUT2D eigenvalue weighted by Gasteiger charge is -2.32. The summed E-state index contributed by atoms with van der Waals surface area (Å²) in [6.07, 6.45) is -0.544. The first-order chi connectivity index (χ1) is 14.4. The average Bonchev–Trinajstić information content (AvgIpc) is 3.39. The molecule has 0 bridgehead atoms. The van der Waals surface area contributed by atoms with Gasteiger partial charge in [0.15, 0.2) is 0 Å². The number of nitrogens with one attached hydrogen (secondary N) is 1. The van der Waals surface area contributed by atoms with Crippen molar-refractivity contribution >= 4 is 5.91 Å². The summed E-state index contributed by atoms with van der Waals surface area (Å²) in [5, 5.41) is 2.73. The van der Waals surface area contributed by atoms with Crippen LogP contribution in [0.1, 0.15) is 56.8 Å². The molecule has 3 rings (SSSR count). The van der Waals surface area contributed by atoms with E-state index in [-0.39, 0.29) is 5.56 Å². The molecule has 1 aliphatic carbocycles. The van der Waals surface area contributed by atoms with E-state index in [2.05, 4.69) is 5.32 Å². The van der Waals surface area contributed by atoms with Crippen molar-refractivity contribution in [3.05, 3.63) is 29.6 Å². The first-order valence-corrected chi connectivity index (χ1v) is 11.0. The van der Waals surface area contributed by atoms with Gasteiger partial charge in [0.1, 0.15) is 11.6 Å². The Bertz CT molecular complexity index is 768. The molecule has 0 aromatic heterocycles. The highest BCUT2D eigenvalue weighted by atomic mass is 19.4. The molecule has 0 unspecified atom stereocenters. The highest BCUT2D eigenvalue weighted by Crippen LogP contribution is 2.49. The highest BCUT2D eigenvalue weighted by molar-refractivity contribution is 5.95. The lowest BCUT2D eigenvalue weighted by atomic mass is 9.90. The summed E-state index contributed by atoms with van der Waals surface area (Å²) in [5.41, 5.74) is -0.463. The number of halogens is 4. The minimum Gasteiger partial charge on any atom is -0.493 e. The third-order valence-corrected chi connectivity index (χ3v) is 6.05. The van der Waals surface area contributed by atoms with Gasteiger partial charge in [-0.3, -0.25) is 9.69 Å². The number of rotatable bonds is 7. The maximum atomic E-state index is 14.3. The Morgan fingerprint density at radius 2 is 1.87 bits per heavy atom. The lowest BCUT2D eigenvalue weighted by Crippen LogP contribution is -2.40. The summed E-state index contributed by atoms with van der Waals surface area (Å²) in [5.74, 6) is 0.903. The summed E-state index contributed by atoms with van der Waals surface area (Å²) in [4.78, 5) is 13.6. The van der Waals surface area contributed by atoms with Gasteiger partial charge in [0.05, 0.1) is 18.7 Å². The van der Waals surface area contributed by atoms with E-state index in [9.17, 15) is 22.4 Å². The van der Waals surface area contributed by atoms with Crippen molar-refractivity contribution in [2.75, 3.05) is 26.2 Å². The van der Waals surface area contributed by atoms with E-state index in [0.717, 1.165) is 25.7 Å². The fourth-order valence-corrected chi connectivity index (χ4v) is 4.48. The molecule has 0 spiro atoms. The van der Waals surface area contributed by atoms with E-state index in [0.29, 0.717) is 43.2 Å². The number of carbonyl (C=O) groups is 1. The second kappa shape index (κ2) is 9.35. The largest absolute Gasteiger partial charge is 0.493 e. The van der Waals surface area contributed by atoms with E-state index in [4.69, 9.17) is 4.74 Å². The number of alkyl halides is 3. The minimum atomic E-state index is -4.12. The van der Waals surface area contributed by atoms with Gasteiger partial charge in [-0.05, 0) is 89.4 Å². The summed E-state index contributed by atoms with van der Waals surface area (Å²) in [6.45, 7) is 6.17. The van der Waals surface area contributed by atoms with Crippen molar-refractivity contribution in [1.29, 1.82) is 0 Å². The van der Waals surface area contributed by atoms with Gasteiger partial charge in [0.2, 0.25) is 0 Å². The second-order valence-corrected chi connectivity index (χ2v) is 9.87. The van der Waals surface area contributed by atoms with Gasteiger partial charge in [-0.2, -0.15) is 13.2 Å². The fraction of sp³-hybridized carbons (Fsp3) is 0.696. The van der Waals surface area contributed by atoms with Crippen molar-refractivity contribution in [2.24, 2.45) is 17.8 Å². The molecule has 1 heterocycles. The molecule has 1 amide bonds. The third-order valence-electron chi connectivity index (χ3n) is 6.05. The standard InChI is InChI=1S/C23H32F4N2O2/c1-22(2,3)28-21(30)18-5-4-17(13-20(18)24)31-11-8-16-12-19(16)15-6-9-29(10-7-15)14-23(25,26)27/h4-5,13,15-16,19H,6-12,14H2,1-3H3,(H,28,30)/t16-,19-/m1/s1. The summed E-state index contributed by atoms with van der Waals surface area (Å²) in [6, 6.07) is 4.26. The van der Waals surface area contributed by atoms with Gasteiger partial charge >= 0.3 is 6.18 Å². The van der Waals surface area contributed by atoms with Crippen LogP contribution in [-0.4, -0.2) is 48.8 Å². The molecule has 1 saturated heterocycles. The number of likely N-dealkylation sites (tertiary alicyclic amines) is 1. The van der Waals surface area contributed by atoms with E-state index in [1.54, 1.807) is 6.07 Å². The third kappa shape index (κ3) is 7.37. The molecule has 8 heteroatoms. The zero-order valence-corrected chi connectivity index (χ0v) is 18.4. The number of benzene rings is 1. The van der Waals surface area contributed by atoms with Crippen LogP contribution in [0, 0.1) is 23.6 Å². The zero-order valence-electron chi connectivity index (χ0n) is 18.4. The summed E-state index contributed by atoms with van der Waals surface area (Å²) >= 11 is 0. The molecule has 2 atom stereocenters. The summed E-state index contributed by atoms with van der Waals surface area (Å²) < 4.78 is 57.5. The Morgan fingerprint density at radius 1 is 1.19 bits per heavy atom.